The van der Waals surface area contributed by atoms with Gasteiger partial charge in [0.1, 0.15) is 18.6 Å². The van der Waals surface area contributed by atoms with E-state index in [4.69, 9.17) is 5.11 Å². The van der Waals surface area contributed by atoms with E-state index < -0.39 is 48.1 Å². The van der Waals surface area contributed by atoms with Gasteiger partial charge < -0.3 is 19.8 Å². The van der Waals surface area contributed by atoms with Gasteiger partial charge in [0.25, 0.3) is 0 Å². The number of esters is 2. The van der Waals surface area contributed by atoms with Crippen LogP contribution in [0.4, 0.5) is 8.78 Å². The highest BCUT2D eigenvalue weighted by Gasteiger charge is 2.48. The zero-order valence-corrected chi connectivity index (χ0v) is 8.65. The van der Waals surface area contributed by atoms with Crippen LogP contribution >= 0.6 is 12.0 Å². The molecule has 2 unspecified atom stereocenters. The van der Waals surface area contributed by atoms with Crippen LogP contribution in [0.1, 0.15) is 0 Å². The number of carbonyl (C=O) groups is 2. The molecule has 0 aromatic rings. The summed E-state index contributed by atoms with van der Waals surface area (Å²) in [4.78, 5) is 21.5. The monoisotopic (exact) mass is 275 g/mol. The Balaban J connectivity index is 2.51. The Morgan fingerprint density at radius 1 is 1.65 bits per heavy atom. The minimum Gasteiger partial charge on any atom is -0.691 e. The highest BCUT2D eigenvalue weighted by molar-refractivity contribution is 7.96. The molecule has 0 bridgehead atoms. The van der Waals surface area contributed by atoms with Gasteiger partial charge in [-0.1, -0.05) is 0 Å². The first-order valence-electron chi connectivity index (χ1n) is 3.96. The molecule has 0 saturated carbocycles. The molecule has 0 amide bonds. The van der Waals surface area contributed by atoms with Gasteiger partial charge in [0.05, 0.1) is 0 Å². The molecule has 0 aromatic carbocycles. The van der Waals surface area contributed by atoms with Crippen LogP contribution < -0.4 is 5.26 Å². The van der Waals surface area contributed by atoms with E-state index in [2.05, 4.69) is 18.8 Å². The normalized spacial score (nSPS) is 24.6. The van der Waals surface area contributed by atoms with E-state index in [1.807, 2.05) is 0 Å². The van der Waals surface area contributed by atoms with E-state index in [0.717, 1.165) is 0 Å². The van der Waals surface area contributed by atoms with Crippen LogP contribution in [0.25, 0.3) is 0 Å². The summed E-state index contributed by atoms with van der Waals surface area (Å²) < 4.78 is 37.3. The number of ether oxygens (including phenoxy) is 2. The summed E-state index contributed by atoms with van der Waals surface area (Å²) in [5.74, 6) is -3.19. The molecule has 1 aliphatic rings. The Hall–Kier alpha value is -1.01. The maximum atomic E-state index is 12.8. The number of rotatable bonds is 5. The first-order chi connectivity index (χ1) is 7.88. The lowest BCUT2D eigenvalue weighted by molar-refractivity contribution is -0.777. The van der Waals surface area contributed by atoms with E-state index in [1.54, 1.807) is 0 Å². The number of hydrogen-bond acceptors (Lipinski definition) is 9. The second kappa shape index (κ2) is 5.55. The van der Waals surface area contributed by atoms with E-state index in [1.165, 1.54) is 0 Å². The van der Waals surface area contributed by atoms with Crippen LogP contribution in [0, 0.1) is 0 Å². The van der Waals surface area contributed by atoms with Gasteiger partial charge in [0, 0.05) is 0 Å². The standard InChI is InChI=1S/C6H6F2O8S/c7-6(8,17-16-15-12)5(11)14-2-1-13-4(10)3(2)9/h2-3,9,12H,1H2/p-1. The molecule has 17 heavy (non-hydrogen) atoms. The number of aliphatic hydroxyl groups is 1. The first kappa shape index (κ1) is 14.1. The summed E-state index contributed by atoms with van der Waals surface area (Å²) >= 11 is -0.878. The molecule has 2 atom stereocenters. The van der Waals surface area contributed by atoms with Crippen molar-refractivity contribution in [2.45, 2.75) is 17.5 Å². The van der Waals surface area contributed by atoms with Gasteiger partial charge in [-0.2, -0.15) is 13.1 Å². The molecule has 1 aliphatic heterocycles. The van der Waals surface area contributed by atoms with Crippen molar-refractivity contribution in [1.82, 2.24) is 0 Å². The van der Waals surface area contributed by atoms with Crippen LogP contribution in [-0.4, -0.2) is 41.1 Å². The lowest BCUT2D eigenvalue weighted by Gasteiger charge is -2.17. The average molecular weight is 275 g/mol. The first-order valence-corrected chi connectivity index (χ1v) is 4.70. The van der Waals surface area contributed by atoms with Crippen molar-refractivity contribution in [3.05, 3.63) is 0 Å². The summed E-state index contributed by atoms with van der Waals surface area (Å²) in [7, 11) is 0. The zero-order chi connectivity index (χ0) is 13.1. The molecule has 1 N–H and O–H groups in total. The fourth-order valence-electron chi connectivity index (χ4n) is 0.888. The van der Waals surface area contributed by atoms with Gasteiger partial charge in [-0.15, -0.1) is 0 Å². The molecule has 1 heterocycles. The molecule has 8 nitrogen and oxygen atoms in total. The minimum atomic E-state index is -4.23. The predicted octanol–water partition coefficient (Wildman–Crippen LogP) is -1.72. The van der Waals surface area contributed by atoms with Gasteiger partial charge in [-0.3, -0.25) is 5.04 Å². The van der Waals surface area contributed by atoms with Gasteiger partial charge in [0.2, 0.25) is 0 Å². The van der Waals surface area contributed by atoms with E-state index in [-0.39, 0.29) is 0 Å². The Morgan fingerprint density at radius 3 is 2.76 bits per heavy atom. The van der Waals surface area contributed by atoms with Crippen LogP contribution in [-0.2, 0) is 28.4 Å². The lowest BCUT2D eigenvalue weighted by atomic mass is 10.2. The summed E-state index contributed by atoms with van der Waals surface area (Å²) in [5.41, 5.74) is 0. The maximum Gasteiger partial charge on any atom is 0.415 e. The molecule has 11 heteroatoms. The molecule has 1 saturated heterocycles. The quantitative estimate of drug-likeness (QED) is 0.271. The predicted molar refractivity (Wildman–Crippen MR) is 41.6 cm³/mol. The molecule has 1 rings (SSSR count). The van der Waals surface area contributed by atoms with Gasteiger partial charge in [-0.05, 0) is 0 Å². The Morgan fingerprint density at radius 2 is 2.29 bits per heavy atom. The minimum absolute atomic E-state index is 0.536. The maximum absolute atomic E-state index is 12.8. The fourth-order valence-corrected chi connectivity index (χ4v) is 1.12. The Bertz CT molecular complexity index is 310. The number of cyclic esters (lactones) is 1. The third kappa shape index (κ3) is 3.47. The number of carbonyl (C=O) groups excluding carboxylic acids is 2. The molecule has 0 aliphatic carbocycles. The van der Waals surface area contributed by atoms with Gasteiger partial charge in [0.15, 0.2) is 12.2 Å². The summed E-state index contributed by atoms with van der Waals surface area (Å²) in [5, 5.41) is 16.8. The Labute approximate surface area is 96.4 Å². The largest absolute Gasteiger partial charge is 0.691 e. The summed E-state index contributed by atoms with van der Waals surface area (Å²) in [6, 6.07) is 0. The molecule has 0 aromatic heterocycles. The third-order valence-electron chi connectivity index (χ3n) is 1.65. The number of halogens is 2. The van der Waals surface area contributed by atoms with Crippen molar-refractivity contribution in [1.29, 1.82) is 0 Å². The van der Waals surface area contributed by atoms with E-state index in [9.17, 15) is 23.6 Å². The van der Waals surface area contributed by atoms with E-state index >= 15 is 0 Å². The number of aliphatic hydroxyl groups excluding tert-OH is 1. The molecule has 0 radical (unpaired) electrons. The van der Waals surface area contributed by atoms with Crippen molar-refractivity contribution in [2.75, 3.05) is 6.61 Å². The second-order valence-corrected chi connectivity index (χ2v) is 3.57. The summed E-state index contributed by atoms with van der Waals surface area (Å²) in [6.07, 6.45) is -3.36. The molecular formula is C6H5F2O8S-. The van der Waals surface area contributed by atoms with Crippen LogP contribution in [0.15, 0.2) is 0 Å². The molecule has 0 spiro atoms. The third-order valence-corrected chi connectivity index (χ3v) is 2.15. The molecule has 1 fully saturated rings. The van der Waals surface area contributed by atoms with Crippen molar-refractivity contribution in [2.24, 2.45) is 0 Å². The lowest BCUT2D eigenvalue weighted by Crippen LogP contribution is -2.37. The number of alkyl halides is 2. The second-order valence-electron chi connectivity index (χ2n) is 2.75. The molecular weight excluding hydrogens is 270 g/mol. The van der Waals surface area contributed by atoms with Crippen LogP contribution in [0.5, 0.6) is 0 Å². The SMILES string of the molecule is O=C1OCC(OC(=O)C(F)(F)SOO[O-])C1O. The van der Waals surface area contributed by atoms with Crippen molar-refractivity contribution in [3.63, 3.8) is 0 Å². The average Bonchev–Trinajstić information content (AvgIpc) is 2.58. The van der Waals surface area contributed by atoms with Crippen LogP contribution in [0.3, 0.4) is 0 Å². The van der Waals surface area contributed by atoms with Crippen LogP contribution in [0.2, 0.25) is 0 Å². The van der Waals surface area contributed by atoms with Gasteiger partial charge in [-0.25, -0.2) is 9.59 Å². The summed E-state index contributed by atoms with van der Waals surface area (Å²) in [6.45, 7) is -0.536. The highest BCUT2D eigenvalue weighted by Crippen LogP contribution is 2.32. The zero-order valence-electron chi connectivity index (χ0n) is 7.83. The molecule has 98 valence electrons. The van der Waals surface area contributed by atoms with Crippen molar-refractivity contribution in [3.8, 4) is 0 Å². The fraction of sp³-hybridized carbons (Fsp3) is 0.667. The van der Waals surface area contributed by atoms with Gasteiger partial charge >= 0.3 is 17.2 Å². The van der Waals surface area contributed by atoms with E-state index in [0.29, 0.717) is 0 Å². The Kier molecular flexibility index (Phi) is 4.59. The topological polar surface area (TPSA) is 114 Å². The highest BCUT2D eigenvalue weighted by atomic mass is 32.2. The smallest absolute Gasteiger partial charge is 0.415 e. The van der Waals surface area contributed by atoms with Crippen molar-refractivity contribution < 1.29 is 47.6 Å². The number of hydrogen-bond donors (Lipinski definition) is 1. The van der Waals surface area contributed by atoms with Crippen molar-refractivity contribution >= 4 is 24.0 Å².